The van der Waals surface area contributed by atoms with Gasteiger partial charge >= 0.3 is 5.97 Å². The van der Waals surface area contributed by atoms with Crippen LogP contribution in [0, 0.1) is 17.0 Å². The standard InChI is InChI=1S/C15H13NO4S/c1-11-8-9-21-14(11)6-7-15(17)20-10-12-2-4-13(5-3-12)16(18)19/h2-9H,10H2,1H3/b7-6+. The number of esters is 1. The van der Waals surface area contributed by atoms with E-state index in [4.69, 9.17) is 4.74 Å². The maximum Gasteiger partial charge on any atom is 0.331 e. The van der Waals surface area contributed by atoms with Crippen LogP contribution >= 0.6 is 11.3 Å². The first kappa shape index (κ1) is 14.9. The fraction of sp³-hybridized carbons (Fsp3) is 0.133. The van der Waals surface area contributed by atoms with Gasteiger partial charge < -0.3 is 4.74 Å². The van der Waals surface area contributed by atoms with Crippen molar-refractivity contribution >= 4 is 29.1 Å². The Morgan fingerprint density at radius 2 is 2.05 bits per heavy atom. The number of ether oxygens (including phenoxy) is 1. The van der Waals surface area contributed by atoms with Crippen LogP contribution in [0.5, 0.6) is 0 Å². The van der Waals surface area contributed by atoms with E-state index in [0.29, 0.717) is 5.56 Å². The van der Waals surface area contributed by atoms with Gasteiger partial charge in [0.2, 0.25) is 0 Å². The molecule has 0 atom stereocenters. The van der Waals surface area contributed by atoms with Gasteiger partial charge in [0.05, 0.1) is 4.92 Å². The van der Waals surface area contributed by atoms with Crippen molar-refractivity contribution in [2.24, 2.45) is 0 Å². The number of benzene rings is 1. The molecule has 0 radical (unpaired) electrons. The molecular weight excluding hydrogens is 290 g/mol. The molecule has 2 aromatic rings. The van der Waals surface area contributed by atoms with Crippen LogP contribution in [0.15, 0.2) is 41.8 Å². The fourth-order valence-corrected chi connectivity index (χ4v) is 2.43. The van der Waals surface area contributed by atoms with Crippen molar-refractivity contribution in [3.8, 4) is 0 Å². The molecule has 0 saturated heterocycles. The minimum Gasteiger partial charge on any atom is -0.458 e. The zero-order valence-electron chi connectivity index (χ0n) is 11.3. The van der Waals surface area contributed by atoms with Gasteiger partial charge in [0.15, 0.2) is 0 Å². The molecule has 0 aliphatic carbocycles. The van der Waals surface area contributed by atoms with Crippen LogP contribution in [-0.2, 0) is 16.1 Å². The van der Waals surface area contributed by atoms with Crippen molar-refractivity contribution in [3.63, 3.8) is 0 Å². The number of aryl methyl sites for hydroxylation is 1. The Morgan fingerprint density at radius 1 is 1.33 bits per heavy atom. The largest absolute Gasteiger partial charge is 0.458 e. The molecule has 1 aromatic carbocycles. The van der Waals surface area contributed by atoms with Gasteiger partial charge in [-0.2, -0.15) is 0 Å². The van der Waals surface area contributed by atoms with Crippen LogP contribution in [0.3, 0.4) is 0 Å². The number of nitro groups is 1. The first-order chi connectivity index (χ1) is 10.1. The zero-order valence-corrected chi connectivity index (χ0v) is 12.1. The maximum absolute atomic E-state index is 11.6. The highest BCUT2D eigenvalue weighted by Crippen LogP contribution is 2.17. The van der Waals surface area contributed by atoms with Crippen LogP contribution in [0.25, 0.3) is 6.08 Å². The third-order valence-electron chi connectivity index (χ3n) is 2.80. The molecule has 2 rings (SSSR count). The Bertz CT molecular complexity index is 673. The van der Waals surface area contributed by atoms with Crippen LogP contribution in [0.2, 0.25) is 0 Å². The Hall–Kier alpha value is -2.47. The lowest BCUT2D eigenvalue weighted by Gasteiger charge is -2.01. The molecule has 6 heteroatoms. The molecule has 1 aromatic heterocycles. The Morgan fingerprint density at radius 3 is 2.62 bits per heavy atom. The van der Waals surface area contributed by atoms with Gasteiger partial charge in [0.1, 0.15) is 6.61 Å². The van der Waals surface area contributed by atoms with E-state index in [0.717, 1.165) is 10.4 Å². The molecule has 21 heavy (non-hydrogen) atoms. The predicted molar refractivity (Wildman–Crippen MR) is 81.0 cm³/mol. The monoisotopic (exact) mass is 303 g/mol. The van der Waals surface area contributed by atoms with Gasteiger partial charge in [-0.05, 0) is 47.7 Å². The van der Waals surface area contributed by atoms with Crippen molar-refractivity contribution in [2.75, 3.05) is 0 Å². The number of hydrogen-bond acceptors (Lipinski definition) is 5. The van der Waals surface area contributed by atoms with E-state index in [1.165, 1.54) is 18.2 Å². The topological polar surface area (TPSA) is 69.4 Å². The molecule has 0 saturated carbocycles. The number of carbonyl (C=O) groups excluding carboxylic acids is 1. The minimum atomic E-state index is -0.470. The third-order valence-corrected chi connectivity index (χ3v) is 3.78. The normalized spacial score (nSPS) is 10.7. The highest BCUT2D eigenvalue weighted by molar-refractivity contribution is 7.11. The summed E-state index contributed by atoms with van der Waals surface area (Å²) in [7, 11) is 0. The number of thiophene rings is 1. The highest BCUT2D eigenvalue weighted by Gasteiger charge is 2.05. The summed E-state index contributed by atoms with van der Waals surface area (Å²) in [5.74, 6) is -0.443. The molecule has 0 bridgehead atoms. The molecule has 1 heterocycles. The lowest BCUT2D eigenvalue weighted by atomic mass is 10.2. The van der Waals surface area contributed by atoms with Gasteiger partial charge in [-0.3, -0.25) is 10.1 Å². The van der Waals surface area contributed by atoms with E-state index >= 15 is 0 Å². The Labute approximate surface area is 125 Å². The molecule has 0 N–H and O–H groups in total. The Balaban J connectivity index is 1.88. The SMILES string of the molecule is Cc1ccsc1/C=C/C(=O)OCc1ccc([N+](=O)[O-])cc1. The fourth-order valence-electron chi connectivity index (χ4n) is 1.62. The number of carbonyl (C=O) groups is 1. The first-order valence-electron chi connectivity index (χ1n) is 6.18. The predicted octanol–water partition coefficient (Wildman–Crippen LogP) is 3.72. The highest BCUT2D eigenvalue weighted by atomic mass is 32.1. The first-order valence-corrected chi connectivity index (χ1v) is 7.06. The van der Waals surface area contributed by atoms with Gasteiger partial charge in [0, 0.05) is 23.1 Å². The molecule has 0 unspecified atom stereocenters. The lowest BCUT2D eigenvalue weighted by Crippen LogP contribution is -2.00. The summed E-state index contributed by atoms with van der Waals surface area (Å²) in [5, 5.41) is 12.5. The van der Waals surface area contributed by atoms with Crippen LogP contribution in [0.4, 0.5) is 5.69 Å². The van der Waals surface area contributed by atoms with Crippen LogP contribution < -0.4 is 0 Å². The van der Waals surface area contributed by atoms with E-state index in [-0.39, 0.29) is 12.3 Å². The Kier molecular flexibility index (Phi) is 4.84. The van der Waals surface area contributed by atoms with Crippen molar-refractivity contribution < 1.29 is 14.5 Å². The zero-order chi connectivity index (χ0) is 15.2. The number of non-ortho nitro benzene ring substituents is 1. The molecule has 108 valence electrons. The summed E-state index contributed by atoms with van der Waals surface area (Å²) >= 11 is 1.55. The van der Waals surface area contributed by atoms with Gasteiger partial charge in [0.25, 0.3) is 5.69 Å². The lowest BCUT2D eigenvalue weighted by molar-refractivity contribution is -0.384. The summed E-state index contributed by atoms with van der Waals surface area (Å²) in [6.45, 7) is 2.06. The second kappa shape index (κ2) is 6.81. The number of hydrogen-bond donors (Lipinski definition) is 0. The summed E-state index contributed by atoms with van der Waals surface area (Å²) in [4.78, 5) is 22.6. The van der Waals surface area contributed by atoms with Crippen molar-refractivity contribution in [3.05, 3.63) is 67.9 Å². The van der Waals surface area contributed by atoms with E-state index in [1.807, 2.05) is 18.4 Å². The average Bonchev–Trinajstić information content (AvgIpc) is 2.88. The van der Waals surface area contributed by atoms with Gasteiger partial charge in [-0.15, -0.1) is 11.3 Å². The van der Waals surface area contributed by atoms with E-state index in [1.54, 1.807) is 29.5 Å². The van der Waals surface area contributed by atoms with Crippen molar-refractivity contribution in [2.45, 2.75) is 13.5 Å². The van der Waals surface area contributed by atoms with Crippen LogP contribution in [-0.4, -0.2) is 10.9 Å². The molecule has 0 fully saturated rings. The van der Waals surface area contributed by atoms with E-state index in [9.17, 15) is 14.9 Å². The molecule has 0 aliphatic heterocycles. The molecule has 0 aliphatic rings. The number of nitrogens with zero attached hydrogens (tertiary/aromatic N) is 1. The third kappa shape index (κ3) is 4.25. The summed E-state index contributed by atoms with van der Waals surface area (Å²) in [6, 6.07) is 7.88. The molecular formula is C15H13NO4S. The average molecular weight is 303 g/mol. The summed E-state index contributed by atoms with van der Waals surface area (Å²) in [6.07, 6.45) is 3.10. The van der Waals surface area contributed by atoms with Crippen LogP contribution in [0.1, 0.15) is 16.0 Å². The van der Waals surface area contributed by atoms with Crippen molar-refractivity contribution in [1.29, 1.82) is 0 Å². The van der Waals surface area contributed by atoms with Gasteiger partial charge in [-0.1, -0.05) is 0 Å². The van der Waals surface area contributed by atoms with E-state index < -0.39 is 10.9 Å². The number of nitro benzene ring substituents is 1. The smallest absolute Gasteiger partial charge is 0.331 e. The maximum atomic E-state index is 11.6. The molecule has 0 spiro atoms. The summed E-state index contributed by atoms with van der Waals surface area (Å²) in [5.41, 5.74) is 1.83. The second-order valence-corrected chi connectivity index (χ2v) is 5.28. The quantitative estimate of drug-likeness (QED) is 0.365. The van der Waals surface area contributed by atoms with Gasteiger partial charge in [-0.25, -0.2) is 4.79 Å². The van der Waals surface area contributed by atoms with Crippen molar-refractivity contribution in [1.82, 2.24) is 0 Å². The molecule has 0 amide bonds. The summed E-state index contributed by atoms with van der Waals surface area (Å²) < 4.78 is 5.08. The minimum absolute atomic E-state index is 0.0122. The molecule has 5 nitrogen and oxygen atoms in total. The number of rotatable bonds is 5. The second-order valence-electron chi connectivity index (χ2n) is 4.33. The van der Waals surface area contributed by atoms with E-state index in [2.05, 4.69) is 0 Å².